The van der Waals surface area contributed by atoms with E-state index < -0.39 is 11.7 Å². The van der Waals surface area contributed by atoms with E-state index in [0.29, 0.717) is 22.5 Å². The fourth-order valence-corrected chi connectivity index (χ4v) is 4.03. The van der Waals surface area contributed by atoms with Crippen molar-refractivity contribution < 1.29 is 13.2 Å². The Bertz CT molecular complexity index is 651. The number of thioether (sulfide) groups is 1. The molecule has 1 fully saturated rings. The lowest BCUT2D eigenvalue weighted by Gasteiger charge is -2.29. The van der Waals surface area contributed by atoms with Gasteiger partial charge in [0.2, 0.25) is 0 Å². The maximum Gasteiger partial charge on any atom is 0.416 e. The van der Waals surface area contributed by atoms with E-state index in [4.69, 9.17) is 0 Å². The molecule has 3 nitrogen and oxygen atoms in total. The summed E-state index contributed by atoms with van der Waals surface area (Å²) < 4.78 is 39.7. The zero-order valence-electron chi connectivity index (χ0n) is 12.8. The molecule has 2 aromatic rings. The SMILES string of the molecule is CS[C@@H]1CCCCC1n1cc(-c2ccc(C(F)(F)F)cc2)nn1. The zero-order chi connectivity index (χ0) is 16.4. The number of halogens is 3. The number of benzene rings is 1. The Labute approximate surface area is 137 Å². The standard InChI is InChI=1S/C16H18F3N3S/c1-23-15-5-3-2-4-14(15)22-10-13(20-21-22)11-6-8-12(9-7-11)16(17,18)19/h6-10,14-15H,2-5H2,1H3/t14?,15-/m1/s1. The number of alkyl halides is 3. The van der Waals surface area contributed by atoms with Crippen LogP contribution in [0.25, 0.3) is 11.3 Å². The second-order valence-electron chi connectivity index (χ2n) is 5.78. The number of hydrogen-bond donors (Lipinski definition) is 0. The van der Waals surface area contributed by atoms with Gasteiger partial charge in [-0.15, -0.1) is 5.10 Å². The maximum absolute atomic E-state index is 12.6. The monoisotopic (exact) mass is 341 g/mol. The van der Waals surface area contributed by atoms with Gasteiger partial charge in [-0.2, -0.15) is 24.9 Å². The maximum atomic E-state index is 12.6. The summed E-state index contributed by atoms with van der Waals surface area (Å²) in [6, 6.07) is 5.38. The van der Waals surface area contributed by atoms with E-state index >= 15 is 0 Å². The van der Waals surface area contributed by atoms with Crippen molar-refractivity contribution in [2.24, 2.45) is 0 Å². The Balaban J connectivity index is 1.81. The molecule has 1 heterocycles. The van der Waals surface area contributed by atoms with Crippen LogP contribution in [-0.4, -0.2) is 26.5 Å². The molecular formula is C16H18F3N3S. The minimum atomic E-state index is -4.32. The minimum Gasteiger partial charge on any atom is -0.248 e. The smallest absolute Gasteiger partial charge is 0.248 e. The van der Waals surface area contributed by atoms with Crippen molar-refractivity contribution in [1.82, 2.24) is 15.0 Å². The summed E-state index contributed by atoms with van der Waals surface area (Å²) in [6.45, 7) is 0. The molecule has 1 aliphatic rings. The molecule has 0 radical (unpaired) electrons. The molecule has 0 saturated heterocycles. The van der Waals surface area contributed by atoms with Crippen LogP contribution < -0.4 is 0 Å². The largest absolute Gasteiger partial charge is 0.416 e. The van der Waals surface area contributed by atoms with Crippen LogP contribution in [0.5, 0.6) is 0 Å². The van der Waals surface area contributed by atoms with Crippen molar-refractivity contribution in [3.8, 4) is 11.3 Å². The summed E-state index contributed by atoms with van der Waals surface area (Å²) in [5, 5.41) is 8.88. The Kier molecular flexibility index (Phi) is 4.66. The highest BCUT2D eigenvalue weighted by Gasteiger charge is 2.30. The molecule has 2 atom stereocenters. The van der Waals surface area contributed by atoms with Gasteiger partial charge in [0.1, 0.15) is 5.69 Å². The van der Waals surface area contributed by atoms with Crippen molar-refractivity contribution in [1.29, 1.82) is 0 Å². The minimum absolute atomic E-state index is 0.314. The number of aromatic nitrogens is 3. The van der Waals surface area contributed by atoms with E-state index in [-0.39, 0.29) is 0 Å². The summed E-state index contributed by atoms with van der Waals surface area (Å²) in [6.07, 6.45) is 4.30. The first-order valence-corrected chi connectivity index (χ1v) is 8.90. The predicted octanol–water partition coefficient (Wildman–Crippen LogP) is 4.81. The Morgan fingerprint density at radius 3 is 2.48 bits per heavy atom. The van der Waals surface area contributed by atoms with Gasteiger partial charge in [0.15, 0.2) is 0 Å². The Morgan fingerprint density at radius 1 is 1.13 bits per heavy atom. The van der Waals surface area contributed by atoms with Crippen LogP contribution in [0.1, 0.15) is 37.3 Å². The third kappa shape index (κ3) is 3.54. The van der Waals surface area contributed by atoms with Crippen LogP contribution >= 0.6 is 11.8 Å². The Hall–Kier alpha value is -1.50. The first-order valence-electron chi connectivity index (χ1n) is 7.61. The third-order valence-corrected chi connectivity index (χ3v) is 5.48. The van der Waals surface area contributed by atoms with Crippen LogP contribution in [0.2, 0.25) is 0 Å². The van der Waals surface area contributed by atoms with Gasteiger partial charge in [-0.05, 0) is 31.2 Å². The predicted molar refractivity (Wildman–Crippen MR) is 85.3 cm³/mol. The normalized spacial score (nSPS) is 22.3. The lowest BCUT2D eigenvalue weighted by Crippen LogP contribution is -2.25. The lowest BCUT2D eigenvalue weighted by molar-refractivity contribution is -0.137. The molecule has 124 valence electrons. The van der Waals surface area contributed by atoms with Gasteiger partial charge in [0, 0.05) is 10.8 Å². The summed E-state index contributed by atoms with van der Waals surface area (Å²) >= 11 is 1.84. The molecular weight excluding hydrogens is 323 g/mol. The van der Waals surface area contributed by atoms with E-state index in [1.165, 1.54) is 31.4 Å². The molecule has 1 aromatic carbocycles. The first-order chi connectivity index (χ1) is 11.0. The first kappa shape index (κ1) is 16.4. The van der Waals surface area contributed by atoms with Crippen LogP contribution in [-0.2, 0) is 6.18 Å². The van der Waals surface area contributed by atoms with E-state index in [9.17, 15) is 13.2 Å². The molecule has 0 aliphatic heterocycles. The van der Waals surface area contributed by atoms with E-state index in [2.05, 4.69) is 16.6 Å². The molecule has 0 N–H and O–H groups in total. The van der Waals surface area contributed by atoms with Crippen molar-refractivity contribution in [2.75, 3.05) is 6.26 Å². The van der Waals surface area contributed by atoms with Crippen molar-refractivity contribution in [3.63, 3.8) is 0 Å². The van der Waals surface area contributed by atoms with Gasteiger partial charge < -0.3 is 0 Å². The van der Waals surface area contributed by atoms with Gasteiger partial charge >= 0.3 is 6.18 Å². The van der Waals surface area contributed by atoms with Crippen molar-refractivity contribution in [2.45, 2.75) is 43.2 Å². The summed E-state index contributed by atoms with van der Waals surface area (Å²) in [4.78, 5) is 0. The number of nitrogens with zero attached hydrogens (tertiary/aromatic N) is 3. The molecule has 7 heteroatoms. The summed E-state index contributed by atoms with van der Waals surface area (Å²) in [5.41, 5.74) is 0.619. The Morgan fingerprint density at radius 2 is 1.83 bits per heavy atom. The second kappa shape index (κ2) is 6.55. The summed E-state index contributed by atoms with van der Waals surface area (Å²) in [7, 11) is 0. The van der Waals surface area contributed by atoms with Gasteiger partial charge in [-0.25, -0.2) is 4.68 Å². The lowest BCUT2D eigenvalue weighted by atomic mass is 9.95. The van der Waals surface area contributed by atoms with Crippen LogP contribution in [0.4, 0.5) is 13.2 Å². The van der Waals surface area contributed by atoms with E-state index in [1.807, 2.05) is 22.6 Å². The molecule has 1 aliphatic carbocycles. The second-order valence-corrected chi connectivity index (χ2v) is 6.86. The van der Waals surface area contributed by atoms with Crippen LogP contribution in [0.15, 0.2) is 30.5 Å². The molecule has 0 amide bonds. The van der Waals surface area contributed by atoms with Gasteiger partial charge in [-0.3, -0.25) is 0 Å². The van der Waals surface area contributed by atoms with Gasteiger partial charge in [0.05, 0.1) is 17.8 Å². The van der Waals surface area contributed by atoms with Crippen LogP contribution in [0.3, 0.4) is 0 Å². The highest BCUT2D eigenvalue weighted by atomic mass is 32.2. The molecule has 3 rings (SSSR count). The molecule has 23 heavy (non-hydrogen) atoms. The fraction of sp³-hybridized carbons (Fsp3) is 0.500. The van der Waals surface area contributed by atoms with E-state index in [0.717, 1.165) is 18.6 Å². The van der Waals surface area contributed by atoms with Crippen LogP contribution in [0, 0.1) is 0 Å². The molecule has 1 saturated carbocycles. The topological polar surface area (TPSA) is 30.7 Å². The molecule has 0 spiro atoms. The average Bonchev–Trinajstić information content (AvgIpc) is 3.04. The molecule has 1 aromatic heterocycles. The van der Waals surface area contributed by atoms with Crippen molar-refractivity contribution in [3.05, 3.63) is 36.0 Å². The highest BCUT2D eigenvalue weighted by molar-refractivity contribution is 7.99. The van der Waals surface area contributed by atoms with E-state index in [1.54, 1.807) is 0 Å². The van der Waals surface area contributed by atoms with Gasteiger partial charge in [-0.1, -0.05) is 30.2 Å². The van der Waals surface area contributed by atoms with Gasteiger partial charge in [0.25, 0.3) is 0 Å². The molecule has 1 unspecified atom stereocenters. The quantitative estimate of drug-likeness (QED) is 0.802. The third-order valence-electron chi connectivity index (χ3n) is 4.33. The number of rotatable bonds is 3. The fourth-order valence-electron chi connectivity index (χ4n) is 3.06. The average molecular weight is 341 g/mol. The summed E-state index contributed by atoms with van der Waals surface area (Å²) in [5.74, 6) is 0. The zero-order valence-corrected chi connectivity index (χ0v) is 13.6. The number of hydrogen-bond acceptors (Lipinski definition) is 3. The molecule has 0 bridgehead atoms. The highest BCUT2D eigenvalue weighted by Crippen LogP contribution is 2.36. The van der Waals surface area contributed by atoms with Crippen molar-refractivity contribution >= 4 is 11.8 Å².